The maximum atomic E-state index is 13.3. The number of rotatable bonds is 9. The van der Waals surface area contributed by atoms with Crippen LogP contribution in [-0.2, 0) is 16.1 Å². The molecule has 1 aliphatic heterocycles. The highest BCUT2D eigenvalue weighted by atomic mass is 16.5. The first kappa shape index (κ1) is 25.1. The quantitative estimate of drug-likeness (QED) is 0.561. The lowest BCUT2D eigenvalue weighted by Crippen LogP contribution is -2.47. The SMILES string of the molecule is COc1ccc(/C=C/C(=O)N(Cc2ccc(OC(C)C)cc2)[C@H]2CCCCNC2=O)cc1OC. The lowest BCUT2D eigenvalue weighted by molar-refractivity contribution is -0.137. The molecule has 2 amide bonds. The highest BCUT2D eigenvalue weighted by Crippen LogP contribution is 2.28. The summed E-state index contributed by atoms with van der Waals surface area (Å²) in [5, 5.41) is 2.94. The van der Waals surface area contributed by atoms with Crippen molar-refractivity contribution in [3.8, 4) is 17.2 Å². The van der Waals surface area contributed by atoms with E-state index in [0.717, 1.165) is 29.7 Å². The number of hydrogen-bond donors (Lipinski definition) is 1. The minimum Gasteiger partial charge on any atom is -0.493 e. The predicted octanol–water partition coefficient (Wildman–Crippen LogP) is 4.20. The molecule has 182 valence electrons. The van der Waals surface area contributed by atoms with E-state index in [9.17, 15) is 9.59 Å². The van der Waals surface area contributed by atoms with Crippen LogP contribution in [-0.4, -0.2) is 49.6 Å². The van der Waals surface area contributed by atoms with Crippen molar-refractivity contribution in [2.24, 2.45) is 0 Å². The van der Waals surface area contributed by atoms with E-state index < -0.39 is 6.04 Å². The van der Waals surface area contributed by atoms with E-state index in [2.05, 4.69) is 5.32 Å². The summed E-state index contributed by atoms with van der Waals surface area (Å²) in [6, 6.07) is 12.6. The summed E-state index contributed by atoms with van der Waals surface area (Å²) in [6.45, 7) is 4.92. The molecule has 0 bridgehead atoms. The molecule has 2 aromatic carbocycles. The second-order valence-corrected chi connectivity index (χ2v) is 8.53. The van der Waals surface area contributed by atoms with Gasteiger partial charge in [-0.1, -0.05) is 18.2 Å². The Hall–Kier alpha value is -3.48. The molecule has 0 aromatic heterocycles. The molecule has 0 saturated carbocycles. The molecule has 7 nitrogen and oxygen atoms in total. The summed E-state index contributed by atoms with van der Waals surface area (Å²) in [5.74, 6) is 1.65. The third-order valence-electron chi connectivity index (χ3n) is 5.64. The van der Waals surface area contributed by atoms with E-state index in [1.165, 1.54) is 6.08 Å². The van der Waals surface area contributed by atoms with Crippen LogP contribution in [0.2, 0.25) is 0 Å². The van der Waals surface area contributed by atoms with Gasteiger partial charge < -0.3 is 24.4 Å². The second-order valence-electron chi connectivity index (χ2n) is 8.53. The first-order valence-corrected chi connectivity index (χ1v) is 11.6. The minimum absolute atomic E-state index is 0.0836. The Balaban J connectivity index is 1.83. The van der Waals surface area contributed by atoms with Crippen LogP contribution in [0.1, 0.15) is 44.2 Å². The molecule has 3 rings (SSSR count). The van der Waals surface area contributed by atoms with Crippen LogP contribution in [0.3, 0.4) is 0 Å². The molecule has 1 aliphatic rings. The molecule has 0 aliphatic carbocycles. The number of carbonyl (C=O) groups is 2. The Morgan fingerprint density at radius 3 is 2.50 bits per heavy atom. The minimum atomic E-state index is -0.517. The van der Waals surface area contributed by atoms with Gasteiger partial charge in [-0.3, -0.25) is 9.59 Å². The van der Waals surface area contributed by atoms with Crippen molar-refractivity contribution < 1.29 is 23.8 Å². The average molecular weight is 467 g/mol. The average Bonchev–Trinajstić information content (AvgIpc) is 3.05. The lowest BCUT2D eigenvalue weighted by atomic mass is 10.1. The molecule has 7 heteroatoms. The lowest BCUT2D eigenvalue weighted by Gasteiger charge is -2.29. The van der Waals surface area contributed by atoms with Gasteiger partial charge in [0.15, 0.2) is 11.5 Å². The van der Waals surface area contributed by atoms with Gasteiger partial charge in [0.25, 0.3) is 0 Å². The summed E-state index contributed by atoms with van der Waals surface area (Å²) in [6.07, 6.45) is 5.75. The van der Waals surface area contributed by atoms with E-state index in [1.807, 2.05) is 44.2 Å². The van der Waals surface area contributed by atoms with E-state index in [4.69, 9.17) is 14.2 Å². The van der Waals surface area contributed by atoms with Crippen LogP contribution in [0, 0.1) is 0 Å². The van der Waals surface area contributed by atoms with E-state index in [-0.39, 0.29) is 17.9 Å². The molecule has 1 fully saturated rings. The number of carbonyl (C=O) groups excluding carboxylic acids is 2. The summed E-state index contributed by atoms with van der Waals surface area (Å²) in [4.78, 5) is 27.8. The van der Waals surface area contributed by atoms with Crippen LogP contribution in [0.4, 0.5) is 0 Å². The number of ether oxygens (including phenoxy) is 3. The Kier molecular flexibility index (Phi) is 8.96. The summed E-state index contributed by atoms with van der Waals surface area (Å²) in [5.41, 5.74) is 1.73. The van der Waals surface area contributed by atoms with Gasteiger partial charge in [0.05, 0.1) is 20.3 Å². The summed E-state index contributed by atoms with van der Waals surface area (Å²) >= 11 is 0. The highest BCUT2D eigenvalue weighted by Gasteiger charge is 2.30. The smallest absolute Gasteiger partial charge is 0.247 e. The van der Waals surface area contributed by atoms with Crippen LogP contribution in [0.5, 0.6) is 17.2 Å². The van der Waals surface area contributed by atoms with Gasteiger partial charge in [-0.2, -0.15) is 0 Å². The third-order valence-corrected chi connectivity index (χ3v) is 5.64. The van der Waals surface area contributed by atoms with E-state index >= 15 is 0 Å². The molecule has 34 heavy (non-hydrogen) atoms. The van der Waals surface area contributed by atoms with Crippen molar-refractivity contribution in [2.75, 3.05) is 20.8 Å². The first-order chi connectivity index (χ1) is 16.4. The number of amides is 2. The zero-order chi connectivity index (χ0) is 24.5. The predicted molar refractivity (Wildman–Crippen MR) is 132 cm³/mol. The zero-order valence-electron chi connectivity index (χ0n) is 20.4. The molecule has 2 aromatic rings. The van der Waals surface area contributed by atoms with Crippen molar-refractivity contribution in [1.82, 2.24) is 10.2 Å². The van der Waals surface area contributed by atoms with Crippen molar-refractivity contribution in [1.29, 1.82) is 0 Å². The highest BCUT2D eigenvalue weighted by molar-refractivity contribution is 5.95. The maximum Gasteiger partial charge on any atom is 0.247 e. The molecule has 1 heterocycles. The molecule has 0 spiro atoms. The van der Waals surface area contributed by atoms with Crippen molar-refractivity contribution >= 4 is 17.9 Å². The molecule has 0 unspecified atom stereocenters. The van der Waals surface area contributed by atoms with E-state index in [0.29, 0.717) is 31.0 Å². The van der Waals surface area contributed by atoms with Gasteiger partial charge in [-0.15, -0.1) is 0 Å². The monoisotopic (exact) mass is 466 g/mol. The van der Waals surface area contributed by atoms with Crippen LogP contribution < -0.4 is 19.5 Å². The fraction of sp³-hybridized carbons (Fsp3) is 0.407. The topological polar surface area (TPSA) is 77.1 Å². The fourth-order valence-electron chi connectivity index (χ4n) is 3.92. The summed E-state index contributed by atoms with van der Waals surface area (Å²) < 4.78 is 16.3. The van der Waals surface area contributed by atoms with Crippen molar-refractivity contribution in [3.63, 3.8) is 0 Å². The Morgan fingerprint density at radius 2 is 1.82 bits per heavy atom. The summed E-state index contributed by atoms with van der Waals surface area (Å²) in [7, 11) is 3.15. The number of benzene rings is 2. The van der Waals surface area contributed by atoms with Gasteiger partial charge in [0, 0.05) is 19.2 Å². The van der Waals surface area contributed by atoms with Crippen molar-refractivity contribution in [2.45, 2.75) is 51.8 Å². The van der Waals surface area contributed by atoms with Crippen LogP contribution >= 0.6 is 0 Å². The van der Waals surface area contributed by atoms with Crippen LogP contribution in [0.25, 0.3) is 6.08 Å². The van der Waals surface area contributed by atoms with E-state index in [1.54, 1.807) is 37.3 Å². The maximum absolute atomic E-state index is 13.3. The standard InChI is InChI=1S/C27H34N2O5/c1-19(2)34-22-12-8-21(9-13-22)18-29(23-7-5-6-16-28-27(23)31)26(30)15-11-20-10-14-24(32-3)25(17-20)33-4/h8-15,17,19,23H,5-7,16,18H2,1-4H3,(H,28,31)/b15-11+/t23-/m0/s1. The normalized spacial score (nSPS) is 16.1. The number of nitrogens with one attached hydrogen (secondary N) is 1. The molecule has 1 saturated heterocycles. The molecular formula is C27H34N2O5. The largest absolute Gasteiger partial charge is 0.493 e. The zero-order valence-corrected chi connectivity index (χ0v) is 20.4. The fourth-order valence-corrected chi connectivity index (χ4v) is 3.92. The number of methoxy groups -OCH3 is 2. The number of hydrogen-bond acceptors (Lipinski definition) is 5. The molecule has 1 N–H and O–H groups in total. The van der Waals surface area contributed by atoms with Gasteiger partial charge in [-0.25, -0.2) is 0 Å². The molecule has 1 atom stereocenters. The second kappa shape index (κ2) is 12.1. The third kappa shape index (κ3) is 6.76. The van der Waals surface area contributed by atoms with Gasteiger partial charge >= 0.3 is 0 Å². The molecular weight excluding hydrogens is 432 g/mol. The Bertz CT molecular complexity index is 1000. The van der Waals surface area contributed by atoms with Gasteiger partial charge in [0.2, 0.25) is 11.8 Å². The first-order valence-electron chi connectivity index (χ1n) is 11.6. The number of nitrogens with zero attached hydrogens (tertiary/aromatic N) is 1. The Labute approximate surface area is 201 Å². The van der Waals surface area contributed by atoms with Crippen LogP contribution in [0.15, 0.2) is 48.5 Å². The Morgan fingerprint density at radius 1 is 1.09 bits per heavy atom. The molecule has 0 radical (unpaired) electrons. The van der Waals surface area contributed by atoms with Gasteiger partial charge in [0.1, 0.15) is 11.8 Å². The van der Waals surface area contributed by atoms with Gasteiger partial charge in [-0.05, 0) is 74.6 Å². The van der Waals surface area contributed by atoms with Crippen molar-refractivity contribution in [3.05, 3.63) is 59.7 Å².